The van der Waals surface area contributed by atoms with Gasteiger partial charge in [0.05, 0.1) is 26.4 Å². The first-order chi connectivity index (χ1) is 40.2. The fourth-order valence-corrected chi connectivity index (χ4v) is 11.2. The number of carbonyl (C=O) groups excluding carboxylic acids is 4. The van der Waals surface area contributed by atoms with Crippen molar-refractivity contribution in [2.45, 2.75) is 348 Å². The summed E-state index contributed by atoms with van der Waals surface area (Å²) in [5, 5.41) is 10.5. The van der Waals surface area contributed by atoms with Crippen molar-refractivity contribution in [3.05, 3.63) is 0 Å². The van der Waals surface area contributed by atoms with Crippen LogP contribution in [0.25, 0.3) is 0 Å². The average Bonchev–Trinajstić information content (AvgIpc) is 3.49. The molecule has 2 unspecified atom stereocenters. The molecule has 0 saturated carbocycles. The van der Waals surface area contributed by atoms with Gasteiger partial charge in [0, 0.05) is 25.7 Å². The number of phosphoric ester groups is 2. The van der Waals surface area contributed by atoms with Crippen molar-refractivity contribution in [1.29, 1.82) is 0 Å². The van der Waals surface area contributed by atoms with Gasteiger partial charge >= 0.3 is 39.5 Å². The minimum absolute atomic E-state index is 0.105. The Morgan fingerprint density at radius 1 is 0.289 bits per heavy atom. The van der Waals surface area contributed by atoms with Crippen LogP contribution in [0.5, 0.6) is 0 Å². The Hall–Kier alpha value is -1.94. The van der Waals surface area contributed by atoms with Gasteiger partial charge in [-0.3, -0.25) is 37.3 Å². The number of carbonyl (C=O) groups is 4. The van der Waals surface area contributed by atoms with Gasteiger partial charge < -0.3 is 33.8 Å². The van der Waals surface area contributed by atoms with Crippen LogP contribution < -0.4 is 0 Å². The highest BCUT2D eigenvalue weighted by atomic mass is 31.2. The standard InChI is InChI=1S/C64H124O17P2/c1-5-9-13-17-21-25-26-27-28-29-30-31-32-33-34-35-39-43-47-51-64(69)81-60(55-75-62(67)49-45-41-37-23-19-15-11-7-3)57-79-83(72,73)77-53-58(65)52-76-82(70,71)78-56-59(80-63(68)50-46-42-38-24-20-16-12-8-4)54-74-61(66)48-44-40-36-22-18-14-10-6-2/h58-60,65H,5-57H2,1-4H3,(H,70,71)(H,72,73)/t58-,59+,60+/m0/s1. The van der Waals surface area contributed by atoms with Crippen LogP contribution in [0, 0.1) is 0 Å². The van der Waals surface area contributed by atoms with Crippen LogP contribution in [-0.4, -0.2) is 96.7 Å². The number of rotatable bonds is 65. The first-order valence-corrected chi connectivity index (χ1v) is 36.8. The van der Waals surface area contributed by atoms with E-state index in [1.165, 1.54) is 141 Å². The maximum atomic E-state index is 13.0. The number of aliphatic hydroxyl groups is 1. The van der Waals surface area contributed by atoms with Gasteiger partial charge in [0.2, 0.25) is 0 Å². The Bertz CT molecular complexity index is 1600. The maximum Gasteiger partial charge on any atom is 0.472 e. The van der Waals surface area contributed by atoms with Gasteiger partial charge in [-0.1, -0.05) is 278 Å². The molecule has 0 saturated heterocycles. The lowest BCUT2D eigenvalue weighted by Crippen LogP contribution is -2.30. The van der Waals surface area contributed by atoms with Crippen molar-refractivity contribution >= 4 is 39.5 Å². The van der Waals surface area contributed by atoms with Gasteiger partial charge in [0.1, 0.15) is 19.3 Å². The predicted molar refractivity (Wildman–Crippen MR) is 331 cm³/mol. The van der Waals surface area contributed by atoms with Crippen LogP contribution >= 0.6 is 15.6 Å². The lowest BCUT2D eigenvalue weighted by atomic mass is 10.0. The normalized spacial score (nSPS) is 14.2. The zero-order valence-electron chi connectivity index (χ0n) is 53.2. The average molecular weight is 1230 g/mol. The van der Waals surface area contributed by atoms with E-state index in [9.17, 15) is 43.2 Å². The summed E-state index contributed by atoms with van der Waals surface area (Å²) in [4.78, 5) is 71.9. The molecule has 0 aromatic heterocycles. The van der Waals surface area contributed by atoms with E-state index in [0.717, 1.165) is 109 Å². The van der Waals surface area contributed by atoms with Crippen LogP contribution in [0.4, 0.5) is 0 Å². The van der Waals surface area contributed by atoms with Gasteiger partial charge in [-0.25, -0.2) is 9.13 Å². The van der Waals surface area contributed by atoms with Gasteiger partial charge in [0.25, 0.3) is 0 Å². The van der Waals surface area contributed by atoms with Crippen LogP contribution in [0.1, 0.15) is 329 Å². The summed E-state index contributed by atoms with van der Waals surface area (Å²) >= 11 is 0. The van der Waals surface area contributed by atoms with Crippen LogP contribution in [0.15, 0.2) is 0 Å². The minimum Gasteiger partial charge on any atom is -0.462 e. The molecule has 5 atom stereocenters. The van der Waals surface area contributed by atoms with Gasteiger partial charge in [-0.2, -0.15) is 0 Å². The van der Waals surface area contributed by atoms with E-state index >= 15 is 0 Å². The molecule has 0 bridgehead atoms. The summed E-state index contributed by atoms with van der Waals surface area (Å²) in [5.41, 5.74) is 0. The first kappa shape index (κ1) is 81.1. The van der Waals surface area contributed by atoms with Gasteiger partial charge in [0.15, 0.2) is 12.2 Å². The number of unbranched alkanes of at least 4 members (excludes halogenated alkanes) is 39. The number of esters is 4. The maximum absolute atomic E-state index is 13.0. The Morgan fingerprint density at radius 2 is 0.482 bits per heavy atom. The van der Waals surface area contributed by atoms with Crippen LogP contribution in [0.2, 0.25) is 0 Å². The number of ether oxygens (including phenoxy) is 4. The molecule has 0 spiro atoms. The third-order valence-corrected chi connectivity index (χ3v) is 16.8. The second-order valence-corrected chi connectivity index (χ2v) is 26.1. The summed E-state index contributed by atoms with van der Waals surface area (Å²) in [6.45, 7) is 4.82. The SMILES string of the molecule is CCCCCCCCCCCCCCCCCCCCCC(=O)O[C@H](COC(=O)CCCCCCCCCC)COP(=O)(O)OC[C@@H](O)COP(=O)(O)OC[C@@H](COC(=O)CCCCCCCCCC)OC(=O)CCCCCCCCCC. The lowest BCUT2D eigenvalue weighted by Gasteiger charge is -2.21. The Morgan fingerprint density at radius 3 is 0.711 bits per heavy atom. The number of hydrogen-bond acceptors (Lipinski definition) is 15. The van der Waals surface area contributed by atoms with Crippen molar-refractivity contribution in [2.75, 3.05) is 39.6 Å². The van der Waals surface area contributed by atoms with E-state index in [0.29, 0.717) is 25.7 Å². The van der Waals surface area contributed by atoms with Crippen molar-refractivity contribution < 1.29 is 80.2 Å². The molecule has 17 nitrogen and oxygen atoms in total. The Labute approximate surface area is 505 Å². The van der Waals surface area contributed by atoms with Crippen LogP contribution in [0.3, 0.4) is 0 Å². The van der Waals surface area contributed by atoms with E-state index in [1.54, 1.807) is 0 Å². The minimum atomic E-state index is -4.94. The second kappa shape index (κ2) is 59.0. The topological polar surface area (TPSA) is 237 Å². The van der Waals surface area contributed by atoms with E-state index < -0.39 is 97.5 Å². The molecule has 0 amide bonds. The molecule has 0 aromatic rings. The molecule has 0 aliphatic heterocycles. The molecule has 0 radical (unpaired) electrons. The highest BCUT2D eigenvalue weighted by molar-refractivity contribution is 7.47. The zero-order chi connectivity index (χ0) is 61.2. The predicted octanol–water partition coefficient (Wildman–Crippen LogP) is 17.9. The quantitative estimate of drug-likeness (QED) is 0.0222. The molecule has 0 fully saturated rings. The molecule has 19 heteroatoms. The van der Waals surface area contributed by atoms with E-state index in [4.69, 9.17) is 37.0 Å². The summed E-state index contributed by atoms with van der Waals surface area (Å²) < 4.78 is 67.8. The molecule has 0 aromatic carbocycles. The summed E-state index contributed by atoms with van der Waals surface area (Å²) in [5.74, 6) is -2.14. The highest BCUT2D eigenvalue weighted by Crippen LogP contribution is 2.45. The van der Waals surface area contributed by atoms with Crippen molar-refractivity contribution in [3.63, 3.8) is 0 Å². The van der Waals surface area contributed by atoms with E-state index in [-0.39, 0.29) is 25.7 Å². The smallest absolute Gasteiger partial charge is 0.462 e. The van der Waals surface area contributed by atoms with Crippen LogP contribution in [-0.2, 0) is 65.4 Å². The molecule has 0 aliphatic carbocycles. The van der Waals surface area contributed by atoms with E-state index in [2.05, 4.69) is 27.7 Å². The third-order valence-electron chi connectivity index (χ3n) is 14.9. The molecule has 0 heterocycles. The summed E-state index contributed by atoms with van der Waals surface area (Å²) in [7, 11) is -9.87. The fourth-order valence-electron chi connectivity index (χ4n) is 9.63. The summed E-state index contributed by atoms with van der Waals surface area (Å²) in [6, 6.07) is 0. The first-order valence-electron chi connectivity index (χ1n) is 33.8. The molecular formula is C64H124O17P2. The van der Waals surface area contributed by atoms with Crippen molar-refractivity contribution in [3.8, 4) is 0 Å². The van der Waals surface area contributed by atoms with E-state index in [1.807, 2.05) is 0 Å². The molecule has 0 rings (SSSR count). The zero-order valence-corrected chi connectivity index (χ0v) is 54.9. The lowest BCUT2D eigenvalue weighted by molar-refractivity contribution is -0.161. The van der Waals surface area contributed by atoms with Gasteiger partial charge in [-0.15, -0.1) is 0 Å². The molecule has 83 heavy (non-hydrogen) atoms. The van der Waals surface area contributed by atoms with Crippen molar-refractivity contribution in [2.24, 2.45) is 0 Å². The molecule has 492 valence electrons. The number of hydrogen-bond donors (Lipinski definition) is 3. The Kier molecular flexibility index (Phi) is 57.7. The van der Waals surface area contributed by atoms with Crippen molar-refractivity contribution in [1.82, 2.24) is 0 Å². The largest absolute Gasteiger partial charge is 0.472 e. The van der Waals surface area contributed by atoms with Gasteiger partial charge in [-0.05, 0) is 25.7 Å². The Balaban J connectivity index is 5.10. The molecule has 0 aliphatic rings. The number of aliphatic hydroxyl groups excluding tert-OH is 1. The highest BCUT2D eigenvalue weighted by Gasteiger charge is 2.30. The summed E-state index contributed by atoms with van der Waals surface area (Å²) in [6.07, 6.45) is 44.7. The second-order valence-electron chi connectivity index (χ2n) is 23.2. The third kappa shape index (κ3) is 58.8. The monoisotopic (exact) mass is 1230 g/mol. The molecular weight excluding hydrogens is 1100 g/mol. The number of phosphoric acid groups is 2. The fraction of sp³-hybridized carbons (Fsp3) is 0.938. The molecule has 3 N–H and O–H groups in total.